The van der Waals surface area contributed by atoms with Gasteiger partial charge in [0.1, 0.15) is 6.54 Å². The van der Waals surface area contributed by atoms with Crippen molar-refractivity contribution >= 4 is 0 Å². The molecule has 80 valence electrons. The fourth-order valence-corrected chi connectivity index (χ4v) is 1.21. The van der Waals surface area contributed by atoms with E-state index in [2.05, 4.69) is 5.10 Å². The molecule has 0 saturated carbocycles. The number of alkyl halides is 2. The molecule has 1 heterocycles. The Bertz CT molecular complexity index is 283. The van der Waals surface area contributed by atoms with E-state index in [0.717, 1.165) is 18.4 Å². The van der Waals surface area contributed by atoms with Gasteiger partial charge in [-0.15, -0.1) is 0 Å². The first-order valence-electron chi connectivity index (χ1n) is 4.66. The van der Waals surface area contributed by atoms with Crippen molar-refractivity contribution in [1.29, 1.82) is 0 Å². The SMILES string of the molecule is CCCc1cnn(CC(F)(F)CN)c1. The van der Waals surface area contributed by atoms with Gasteiger partial charge in [0.15, 0.2) is 0 Å². The molecule has 0 bridgehead atoms. The van der Waals surface area contributed by atoms with Crippen molar-refractivity contribution in [3.8, 4) is 0 Å². The highest BCUT2D eigenvalue weighted by Crippen LogP contribution is 2.14. The third kappa shape index (κ3) is 3.06. The second kappa shape index (κ2) is 4.50. The molecule has 0 aliphatic rings. The number of rotatable bonds is 5. The molecule has 0 saturated heterocycles. The normalized spacial score (nSPS) is 12.0. The Balaban J connectivity index is 2.59. The van der Waals surface area contributed by atoms with Crippen LogP contribution in [0.3, 0.4) is 0 Å². The average Bonchev–Trinajstić information content (AvgIpc) is 2.53. The van der Waals surface area contributed by atoms with Gasteiger partial charge in [0.25, 0.3) is 5.92 Å². The van der Waals surface area contributed by atoms with E-state index in [4.69, 9.17) is 5.73 Å². The quantitative estimate of drug-likeness (QED) is 0.786. The zero-order chi connectivity index (χ0) is 10.6. The summed E-state index contributed by atoms with van der Waals surface area (Å²) in [5, 5.41) is 3.85. The van der Waals surface area contributed by atoms with Crippen molar-refractivity contribution in [3.63, 3.8) is 0 Å². The molecule has 0 atom stereocenters. The van der Waals surface area contributed by atoms with E-state index in [1.54, 1.807) is 12.4 Å². The molecule has 0 amide bonds. The Kier molecular flexibility index (Phi) is 3.57. The Morgan fingerprint density at radius 1 is 1.57 bits per heavy atom. The van der Waals surface area contributed by atoms with Crippen LogP contribution >= 0.6 is 0 Å². The standard InChI is InChI=1S/C9H15F2N3/c1-2-3-8-4-13-14(5-8)7-9(10,11)6-12/h4-5H,2-3,6-7,12H2,1H3. The lowest BCUT2D eigenvalue weighted by atomic mass is 10.2. The summed E-state index contributed by atoms with van der Waals surface area (Å²) in [7, 11) is 0. The Morgan fingerprint density at radius 3 is 2.86 bits per heavy atom. The highest BCUT2D eigenvalue weighted by Gasteiger charge is 2.27. The first-order chi connectivity index (χ1) is 6.57. The number of aromatic nitrogens is 2. The number of hydrogen-bond acceptors (Lipinski definition) is 2. The van der Waals surface area contributed by atoms with E-state index in [1.807, 2.05) is 6.92 Å². The molecule has 1 aromatic heterocycles. The van der Waals surface area contributed by atoms with E-state index in [9.17, 15) is 8.78 Å². The Hall–Kier alpha value is -0.970. The minimum Gasteiger partial charge on any atom is -0.325 e. The third-order valence-electron chi connectivity index (χ3n) is 1.92. The minimum absolute atomic E-state index is 0.437. The monoisotopic (exact) mass is 203 g/mol. The van der Waals surface area contributed by atoms with Crippen LogP contribution in [0.5, 0.6) is 0 Å². The van der Waals surface area contributed by atoms with Crippen LogP contribution in [0.4, 0.5) is 8.78 Å². The van der Waals surface area contributed by atoms with Crippen LogP contribution in [0.15, 0.2) is 12.4 Å². The number of hydrogen-bond donors (Lipinski definition) is 1. The van der Waals surface area contributed by atoms with E-state index >= 15 is 0 Å². The molecule has 0 aliphatic heterocycles. The Labute approximate surface area is 81.9 Å². The molecule has 1 aromatic rings. The second-order valence-electron chi connectivity index (χ2n) is 3.36. The molecular weight excluding hydrogens is 188 g/mol. The van der Waals surface area contributed by atoms with Crippen molar-refractivity contribution in [2.75, 3.05) is 6.54 Å². The van der Waals surface area contributed by atoms with E-state index in [1.165, 1.54) is 4.68 Å². The van der Waals surface area contributed by atoms with Crippen LogP contribution in [0.25, 0.3) is 0 Å². The van der Waals surface area contributed by atoms with Crippen molar-refractivity contribution < 1.29 is 8.78 Å². The summed E-state index contributed by atoms with van der Waals surface area (Å²) in [6.45, 7) is 0.953. The molecule has 0 radical (unpaired) electrons. The van der Waals surface area contributed by atoms with Crippen molar-refractivity contribution in [1.82, 2.24) is 9.78 Å². The molecule has 0 fully saturated rings. The summed E-state index contributed by atoms with van der Waals surface area (Å²) in [6.07, 6.45) is 5.12. The zero-order valence-electron chi connectivity index (χ0n) is 8.21. The summed E-state index contributed by atoms with van der Waals surface area (Å²) in [4.78, 5) is 0. The Morgan fingerprint density at radius 2 is 2.29 bits per heavy atom. The summed E-state index contributed by atoms with van der Waals surface area (Å²) in [6, 6.07) is 0. The van der Waals surface area contributed by atoms with Crippen LogP contribution in [-0.4, -0.2) is 22.2 Å². The van der Waals surface area contributed by atoms with Gasteiger partial charge in [-0.1, -0.05) is 13.3 Å². The van der Waals surface area contributed by atoms with E-state index in [0.29, 0.717) is 0 Å². The largest absolute Gasteiger partial charge is 0.325 e. The third-order valence-corrected chi connectivity index (χ3v) is 1.92. The predicted molar refractivity (Wildman–Crippen MR) is 50.2 cm³/mol. The summed E-state index contributed by atoms with van der Waals surface area (Å²) >= 11 is 0. The van der Waals surface area contributed by atoms with Crippen molar-refractivity contribution in [2.45, 2.75) is 32.2 Å². The molecule has 2 N–H and O–H groups in total. The highest BCUT2D eigenvalue weighted by molar-refractivity contribution is 5.03. The molecule has 1 rings (SSSR count). The van der Waals surface area contributed by atoms with Crippen LogP contribution in [0.2, 0.25) is 0 Å². The maximum absolute atomic E-state index is 12.8. The van der Waals surface area contributed by atoms with Crippen LogP contribution in [0, 0.1) is 0 Å². The maximum atomic E-state index is 12.8. The maximum Gasteiger partial charge on any atom is 0.279 e. The van der Waals surface area contributed by atoms with Gasteiger partial charge in [0.2, 0.25) is 0 Å². The molecule has 0 aliphatic carbocycles. The topological polar surface area (TPSA) is 43.8 Å². The number of aryl methyl sites for hydroxylation is 1. The smallest absolute Gasteiger partial charge is 0.279 e. The fourth-order valence-electron chi connectivity index (χ4n) is 1.21. The highest BCUT2D eigenvalue weighted by atomic mass is 19.3. The summed E-state index contributed by atoms with van der Waals surface area (Å²) in [5.41, 5.74) is 5.91. The molecular formula is C9H15F2N3. The average molecular weight is 203 g/mol. The second-order valence-corrected chi connectivity index (χ2v) is 3.36. The van der Waals surface area contributed by atoms with Gasteiger partial charge >= 0.3 is 0 Å². The van der Waals surface area contributed by atoms with Gasteiger partial charge in [-0.05, 0) is 12.0 Å². The minimum atomic E-state index is -2.87. The first kappa shape index (κ1) is 11.1. The molecule has 0 aromatic carbocycles. The van der Waals surface area contributed by atoms with Gasteiger partial charge in [-0.2, -0.15) is 5.10 Å². The lowest BCUT2D eigenvalue weighted by Gasteiger charge is -2.12. The predicted octanol–water partition coefficient (Wildman–Crippen LogP) is 1.43. The van der Waals surface area contributed by atoms with Gasteiger partial charge in [-0.3, -0.25) is 4.68 Å². The van der Waals surface area contributed by atoms with Gasteiger partial charge < -0.3 is 5.73 Å². The number of nitrogens with zero attached hydrogens (tertiary/aromatic N) is 2. The lowest BCUT2D eigenvalue weighted by Crippen LogP contribution is -2.32. The fraction of sp³-hybridized carbons (Fsp3) is 0.667. The zero-order valence-corrected chi connectivity index (χ0v) is 8.21. The molecule has 14 heavy (non-hydrogen) atoms. The molecule has 3 nitrogen and oxygen atoms in total. The van der Waals surface area contributed by atoms with Gasteiger partial charge in [-0.25, -0.2) is 8.78 Å². The van der Waals surface area contributed by atoms with Crippen LogP contribution in [0.1, 0.15) is 18.9 Å². The van der Waals surface area contributed by atoms with Crippen LogP contribution in [-0.2, 0) is 13.0 Å². The van der Waals surface area contributed by atoms with Crippen LogP contribution < -0.4 is 5.73 Å². The van der Waals surface area contributed by atoms with Gasteiger partial charge in [0, 0.05) is 6.20 Å². The molecule has 5 heteroatoms. The van der Waals surface area contributed by atoms with Gasteiger partial charge in [0.05, 0.1) is 12.7 Å². The van der Waals surface area contributed by atoms with E-state index < -0.39 is 19.0 Å². The summed E-state index contributed by atoms with van der Waals surface area (Å²) in [5.74, 6) is -2.87. The number of nitrogens with two attached hydrogens (primary N) is 1. The van der Waals surface area contributed by atoms with Crippen molar-refractivity contribution in [2.24, 2.45) is 5.73 Å². The lowest BCUT2D eigenvalue weighted by molar-refractivity contribution is -0.00980. The molecule has 0 spiro atoms. The molecule has 0 unspecified atom stereocenters. The first-order valence-corrected chi connectivity index (χ1v) is 4.66. The summed E-state index contributed by atoms with van der Waals surface area (Å²) < 4.78 is 26.9. The van der Waals surface area contributed by atoms with Crippen molar-refractivity contribution in [3.05, 3.63) is 18.0 Å². The number of halogens is 2. The van der Waals surface area contributed by atoms with E-state index in [-0.39, 0.29) is 0 Å².